The third-order valence-corrected chi connectivity index (χ3v) is 5.97. The van der Waals surface area contributed by atoms with Crippen molar-refractivity contribution in [1.29, 1.82) is 5.41 Å². The Morgan fingerprint density at radius 2 is 1.70 bits per heavy atom. The highest BCUT2D eigenvalue weighted by Gasteiger charge is 2.39. The van der Waals surface area contributed by atoms with Crippen LogP contribution in [0.25, 0.3) is 0 Å². The maximum Gasteiger partial charge on any atom is 0.240 e. The number of amides is 1. The van der Waals surface area contributed by atoms with Gasteiger partial charge in [0.1, 0.15) is 17.7 Å². The molecule has 0 spiro atoms. The van der Waals surface area contributed by atoms with E-state index >= 15 is 0 Å². The van der Waals surface area contributed by atoms with Crippen LogP contribution >= 0.6 is 0 Å². The lowest BCUT2D eigenvalue weighted by atomic mass is 10.1. The molecule has 2 atom stereocenters. The summed E-state index contributed by atoms with van der Waals surface area (Å²) in [6.45, 7) is 1.90. The number of benzene rings is 3. The van der Waals surface area contributed by atoms with E-state index in [2.05, 4.69) is 17.0 Å². The molecule has 4 rings (SSSR count). The average molecular weight is 443 g/mol. The van der Waals surface area contributed by atoms with Crippen molar-refractivity contribution in [2.24, 2.45) is 5.73 Å². The molecule has 1 amide bonds. The molecule has 170 valence electrons. The lowest BCUT2D eigenvalue weighted by molar-refractivity contribution is -0.135. The highest BCUT2D eigenvalue weighted by molar-refractivity contribution is 5.95. The van der Waals surface area contributed by atoms with Crippen molar-refractivity contribution in [3.63, 3.8) is 0 Å². The summed E-state index contributed by atoms with van der Waals surface area (Å²) in [5, 5.41) is 7.67. The Morgan fingerprint density at radius 1 is 1.03 bits per heavy atom. The first kappa shape index (κ1) is 22.6. The summed E-state index contributed by atoms with van der Waals surface area (Å²) in [5.41, 5.74) is 8.53. The molecule has 6 nitrogen and oxygen atoms in total. The molecule has 3 aromatic rings. The molecule has 0 saturated carbocycles. The van der Waals surface area contributed by atoms with E-state index in [-0.39, 0.29) is 23.9 Å². The Balaban J connectivity index is 1.50. The predicted octanol–water partition coefficient (Wildman–Crippen LogP) is 3.65. The summed E-state index contributed by atoms with van der Waals surface area (Å²) in [6.07, 6.45) is 0.477. The zero-order valence-electron chi connectivity index (χ0n) is 18.9. The van der Waals surface area contributed by atoms with E-state index in [9.17, 15) is 4.79 Å². The first-order valence-electron chi connectivity index (χ1n) is 11.2. The number of amidine groups is 1. The van der Waals surface area contributed by atoms with Gasteiger partial charge >= 0.3 is 0 Å². The monoisotopic (exact) mass is 442 g/mol. The summed E-state index contributed by atoms with van der Waals surface area (Å²) in [4.78, 5) is 17.5. The van der Waals surface area contributed by atoms with Crippen LogP contribution in [-0.4, -0.2) is 47.3 Å². The first-order valence-corrected chi connectivity index (χ1v) is 11.2. The number of nitrogen functional groups attached to an aromatic ring is 1. The molecular weight excluding hydrogens is 412 g/mol. The van der Waals surface area contributed by atoms with Crippen LogP contribution in [0.3, 0.4) is 0 Å². The fraction of sp³-hybridized carbons (Fsp3) is 0.259. The molecule has 1 aliphatic heterocycles. The fourth-order valence-corrected chi connectivity index (χ4v) is 4.32. The predicted molar refractivity (Wildman–Crippen MR) is 130 cm³/mol. The number of carbonyl (C=O) groups excluding carboxylic acids is 1. The van der Waals surface area contributed by atoms with Crippen molar-refractivity contribution in [2.75, 3.05) is 13.6 Å². The summed E-state index contributed by atoms with van der Waals surface area (Å²) in [7, 11) is 1.86. The lowest BCUT2D eigenvalue weighted by Crippen LogP contribution is -2.43. The van der Waals surface area contributed by atoms with E-state index in [1.54, 1.807) is 17.0 Å². The van der Waals surface area contributed by atoms with Crippen LogP contribution in [-0.2, 0) is 17.9 Å². The van der Waals surface area contributed by atoms with Gasteiger partial charge in [-0.15, -0.1) is 0 Å². The highest BCUT2D eigenvalue weighted by Crippen LogP contribution is 2.27. The summed E-state index contributed by atoms with van der Waals surface area (Å²) < 4.78 is 6.25. The molecule has 0 aromatic heterocycles. The van der Waals surface area contributed by atoms with Gasteiger partial charge in [0.25, 0.3) is 0 Å². The van der Waals surface area contributed by atoms with Gasteiger partial charge in [-0.3, -0.25) is 15.1 Å². The normalized spacial score (nSPS) is 18.1. The van der Waals surface area contributed by atoms with Crippen LogP contribution in [0.4, 0.5) is 0 Å². The van der Waals surface area contributed by atoms with Crippen LogP contribution in [0.1, 0.15) is 23.1 Å². The number of rotatable bonds is 8. The van der Waals surface area contributed by atoms with Crippen LogP contribution in [0.2, 0.25) is 0 Å². The molecular formula is C27H30N4O2. The molecule has 0 aliphatic carbocycles. The van der Waals surface area contributed by atoms with E-state index in [1.807, 2.05) is 67.7 Å². The van der Waals surface area contributed by atoms with Crippen molar-refractivity contribution in [1.82, 2.24) is 9.80 Å². The third kappa shape index (κ3) is 5.79. The topological polar surface area (TPSA) is 82.6 Å². The molecule has 1 aliphatic rings. The van der Waals surface area contributed by atoms with E-state index < -0.39 is 0 Å². The van der Waals surface area contributed by atoms with E-state index in [0.717, 1.165) is 5.56 Å². The van der Waals surface area contributed by atoms with Crippen LogP contribution in [0, 0.1) is 5.41 Å². The molecule has 3 N–H and O–H groups in total. The number of nitrogens with zero attached hydrogens (tertiary/aromatic N) is 2. The van der Waals surface area contributed by atoms with Gasteiger partial charge in [0.2, 0.25) is 5.91 Å². The summed E-state index contributed by atoms with van der Waals surface area (Å²) >= 11 is 0. The minimum Gasteiger partial charge on any atom is -0.489 e. The maximum absolute atomic E-state index is 13.5. The van der Waals surface area contributed by atoms with Crippen molar-refractivity contribution in [3.8, 4) is 5.75 Å². The van der Waals surface area contributed by atoms with Gasteiger partial charge in [-0.05, 0) is 23.3 Å². The average Bonchev–Trinajstić information content (AvgIpc) is 3.21. The standard InChI is InChI=1S/C27H30N4O2/c1-30(17-20-9-4-2-5-10-20)27(32)25-16-24(19-31(25)18-21-11-6-3-7-12-21)33-23-14-8-13-22(15-23)26(28)29/h2-15,24-25H,16-19H2,1H3,(H3,28,29). The maximum atomic E-state index is 13.5. The third-order valence-electron chi connectivity index (χ3n) is 5.97. The van der Waals surface area contributed by atoms with E-state index in [4.69, 9.17) is 15.9 Å². The second kappa shape index (κ2) is 10.3. The molecule has 1 saturated heterocycles. The Kier molecular flexibility index (Phi) is 7.05. The number of carbonyl (C=O) groups is 1. The van der Waals surface area contributed by atoms with Gasteiger partial charge in [-0.25, -0.2) is 0 Å². The Labute approximate surface area is 195 Å². The SMILES string of the molecule is CN(Cc1ccccc1)C(=O)C1CC(Oc2cccc(C(=N)N)c2)CN1Cc1ccccc1. The zero-order chi connectivity index (χ0) is 23.2. The zero-order valence-corrected chi connectivity index (χ0v) is 18.9. The highest BCUT2D eigenvalue weighted by atomic mass is 16.5. The van der Waals surface area contributed by atoms with Crippen LogP contribution in [0.15, 0.2) is 84.9 Å². The summed E-state index contributed by atoms with van der Waals surface area (Å²) in [5.74, 6) is 0.768. The van der Waals surface area contributed by atoms with Gasteiger partial charge < -0.3 is 15.4 Å². The lowest BCUT2D eigenvalue weighted by Gasteiger charge is -2.27. The van der Waals surface area contributed by atoms with Gasteiger partial charge in [-0.1, -0.05) is 72.8 Å². The number of likely N-dealkylation sites (N-methyl/N-ethyl adjacent to an activating group) is 1. The Morgan fingerprint density at radius 3 is 2.36 bits per heavy atom. The largest absolute Gasteiger partial charge is 0.489 e. The number of hydrogen-bond donors (Lipinski definition) is 2. The van der Waals surface area contributed by atoms with Crippen LogP contribution < -0.4 is 10.5 Å². The van der Waals surface area contributed by atoms with Gasteiger partial charge in [0, 0.05) is 38.7 Å². The van der Waals surface area contributed by atoms with Crippen LogP contribution in [0.5, 0.6) is 5.75 Å². The molecule has 2 unspecified atom stereocenters. The second-order valence-corrected chi connectivity index (χ2v) is 8.53. The number of hydrogen-bond acceptors (Lipinski definition) is 4. The van der Waals surface area contributed by atoms with Crippen molar-refractivity contribution in [2.45, 2.75) is 31.7 Å². The summed E-state index contributed by atoms with van der Waals surface area (Å²) in [6, 6.07) is 27.2. The number of nitrogens with one attached hydrogen (secondary N) is 1. The minimum atomic E-state index is -0.264. The smallest absolute Gasteiger partial charge is 0.240 e. The number of nitrogens with two attached hydrogens (primary N) is 1. The molecule has 33 heavy (non-hydrogen) atoms. The van der Waals surface area contributed by atoms with Crippen molar-refractivity contribution in [3.05, 3.63) is 102 Å². The van der Waals surface area contributed by atoms with Gasteiger partial charge in [-0.2, -0.15) is 0 Å². The Hall–Kier alpha value is -3.64. The molecule has 0 bridgehead atoms. The van der Waals surface area contributed by atoms with Gasteiger partial charge in [0.15, 0.2) is 0 Å². The Bertz CT molecular complexity index is 1090. The fourth-order valence-electron chi connectivity index (χ4n) is 4.32. The van der Waals surface area contributed by atoms with Crippen molar-refractivity contribution >= 4 is 11.7 Å². The van der Waals surface area contributed by atoms with E-state index in [1.165, 1.54) is 5.56 Å². The van der Waals surface area contributed by atoms with E-state index in [0.29, 0.717) is 37.4 Å². The van der Waals surface area contributed by atoms with Crippen molar-refractivity contribution < 1.29 is 9.53 Å². The molecule has 6 heteroatoms. The second-order valence-electron chi connectivity index (χ2n) is 8.53. The molecule has 3 aromatic carbocycles. The quantitative estimate of drug-likeness (QED) is 0.412. The van der Waals surface area contributed by atoms with Gasteiger partial charge in [0.05, 0.1) is 6.04 Å². The molecule has 1 fully saturated rings. The minimum absolute atomic E-state index is 0.00756. The first-order chi connectivity index (χ1) is 16.0. The number of ether oxygens (including phenoxy) is 1. The molecule has 0 radical (unpaired) electrons. The molecule has 1 heterocycles. The number of likely N-dealkylation sites (tertiary alicyclic amines) is 1.